The first-order valence-electron chi connectivity index (χ1n) is 22.0. The fourth-order valence-electron chi connectivity index (χ4n) is 9.57. The molecule has 11 rings (SSSR count). The minimum absolute atomic E-state index is 0.632. The third-order valence-corrected chi connectivity index (χ3v) is 13.3. The minimum atomic E-state index is 0.632. The summed E-state index contributed by atoms with van der Waals surface area (Å²) >= 11 is 0. The largest absolute Gasteiger partial charge is 0.208 e. The molecule has 64 heavy (non-hydrogen) atoms. The van der Waals surface area contributed by atoms with Crippen LogP contribution in [-0.4, -0.2) is 46.3 Å². The van der Waals surface area contributed by atoms with Gasteiger partial charge in [-0.2, -0.15) is 0 Å². The van der Waals surface area contributed by atoms with Crippen LogP contribution in [0.15, 0.2) is 200 Å². The average Bonchev–Trinajstić information content (AvgIpc) is 3.36. The molecule has 0 bridgehead atoms. The Hall–Kier alpha value is -7.75. The molecule has 0 N–H and O–H groups in total. The third-order valence-electron chi connectivity index (χ3n) is 13.3. The molecule has 0 saturated carbocycles. The number of hydrogen-bond acceptors (Lipinski definition) is 3. The fourth-order valence-corrected chi connectivity index (χ4v) is 9.57. The van der Waals surface area contributed by atoms with Crippen LogP contribution in [0.1, 0.15) is 0 Å². The maximum atomic E-state index is 5.45. The topological polar surface area (TPSA) is 38.7 Å². The van der Waals surface area contributed by atoms with E-state index >= 15 is 0 Å². The van der Waals surface area contributed by atoms with Crippen LogP contribution in [-0.2, 0) is 0 Å². The predicted molar refractivity (Wildman–Crippen MR) is 283 cm³/mol. The van der Waals surface area contributed by atoms with Crippen molar-refractivity contribution in [3.8, 4) is 78.7 Å². The Kier molecular flexibility index (Phi) is 9.89. The van der Waals surface area contributed by atoms with Gasteiger partial charge in [0.15, 0.2) is 17.5 Å². The van der Waals surface area contributed by atoms with Gasteiger partial charge in [0.2, 0.25) is 0 Å². The van der Waals surface area contributed by atoms with E-state index in [4.69, 9.17) is 15.0 Å². The van der Waals surface area contributed by atoms with E-state index in [0.29, 0.717) is 17.5 Å². The van der Waals surface area contributed by atoms with Crippen LogP contribution in [0.3, 0.4) is 0 Å². The van der Waals surface area contributed by atoms with Crippen molar-refractivity contribution < 1.29 is 0 Å². The molecule has 7 heteroatoms. The standard InChI is InChI=1S/C57H41B4N3/c58-51-49(36-16-5-2-6-17-36)50(52(59)54(61)53(51)60)57-63-55(62-56(64-57)48-30-29-45(34-13-3-1-4-14-34)46-22-9-10-23-47(46)48)42-20-11-19-37(33-42)38-25-26-40-32-41(28-27-39(40)31-38)44-24-12-18-35-15-7-8-21-43(35)44/h1-33H,58-61H2. The zero-order valence-corrected chi connectivity index (χ0v) is 36.4. The normalized spacial score (nSPS) is 11.4. The van der Waals surface area contributed by atoms with Crippen molar-refractivity contribution in [1.82, 2.24) is 15.0 Å². The molecule has 11 aromatic rings. The molecule has 0 radical (unpaired) electrons. The maximum absolute atomic E-state index is 5.45. The van der Waals surface area contributed by atoms with Crippen LogP contribution in [0.25, 0.3) is 111 Å². The molecule has 0 atom stereocenters. The molecule has 0 aliphatic carbocycles. The van der Waals surface area contributed by atoms with Crippen molar-refractivity contribution in [2.45, 2.75) is 0 Å². The fraction of sp³-hybridized carbons (Fsp3) is 0. The number of rotatable bonds is 7. The van der Waals surface area contributed by atoms with E-state index in [1.165, 1.54) is 65.6 Å². The molecule has 10 aromatic carbocycles. The Balaban J connectivity index is 1.08. The summed E-state index contributed by atoms with van der Waals surface area (Å²) < 4.78 is 0. The second kappa shape index (κ2) is 16.2. The molecular formula is C57H41B4N3. The monoisotopic (exact) mass is 811 g/mol. The van der Waals surface area contributed by atoms with Crippen LogP contribution < -0.4 is 21.9 Å². The molecule has 0 spiro atoms. The van der Waals surface area contributed by atoms with Crippen LogP contribution >= 0.6 is 0 Å². The van der Waals surface area contributed by atoms with Gasteiger partial charge in [-0.05, 0) is 101 Å². The SMILES string of the molecule is Bc1c(B)c(B)c(-c2nc(-c3cccc(-c4ccc5cc(-c6cccc7ccccc67)ccc5c4)c3)nc(-c3ccc(-c4ccccc4)c4ccccc34)n2)c(-c2ccccc2)c1B. The highest BCUT2D eigenvalue weighted by molar-refractivity contribution is 6.65. The molecule has 296 valence electrons. The van der Waals surface area contributed by atoms with Gasteiger partial charge in [-0.15, -0.1) is 10.9 Å². The summed E-state index contributed by atoms with van der Waals surface area (Å²) in [4.78, 5) is 16.2. The predicted octanol–water partition coefficient (Wildman–Crippen LogP) is 8.03. The summed E-state index contributed by atoms with van der Waals surface area (Å²) in [6.45, 7) is 0. The molecule has 0 amide bonds. The highest BCUT2D eigenvalue weighted by atomic mass is 15.0. The van der Waals surface area contributed by atoms with Crippen molar-refractivity contribution in [1.29, 1.82) is 0 Å². The van der Waals surface area contributed by atoms with Gasteiger partial charge in [0, 0.05) is 16.7 Å². The van der Waals surface area contributed by atoms with E-state index in [9.17, 15) is 0 Å². The molecule has 0 fully saturated rings. The Morgan fingerprint density at radius 3 is 1.48 bits per heavy atom. The van der Waals surface area contributed by atoms with Crippen LogP contribution in [0.4, 0.5) is 0 Å². The van der Waals surface area contributed by atoms with Gasteiger partial charge < -0.3 is 0 Å². The highest BCUT2D eigenvalue weighted by Gasteiger charge is 2.23. The molecule has 3 nitrogen and oxygen atoms in total. The van der Waals surface area contributed by atoms with Crippen molar-refractivity contribution in [3.05, 3.63) is 200 Å². The smallest absolute Gasteiger partial charge is 0.164 e. The Morgan fingerprint density at radius 2 is 0.734 bits per heavy atom. The van der Waals surface area contributed by atoms with Crippen LogP contribution in [0.5, 0.6) is 0 Å². The maximum Gasteiger partial charge on any atom is 0.164 e. The Labute approximate surface area is 377 Å². The van der Waals surface area contributed by atoms with Crippen molar-refractivity contribution in [3.63, 3.8) is 0 Å². The summed E-state index contributed by atoms with van der Waals surface area (Å²) in [6.07, 6.45) is 0. The third kappa shape index (κ3) is 6.91. The number of hydrogen-bond donors (Lipinski definition) is 0. The minimum Gasteiger partial charge on any atom is -0.208 e. The summed E-state index contributed by atoms with van der Waals surface area (Å²) in [7, 11) is 8.87. The molecular weight excluding hydrogens is 770 g/mol. The summed E-state index contributed by atoms with van der Waals surface area (Å²) in [6, 6.07) is 71.6. The van der Waals surface area contributed by atoms with E-state index in [-0.39, 0.29) is 0 Å². The highest BCUT2D eigenvalue weighted by Crippen LogP contribution is 2.38. The van der Waals surface area contributed by atoms with E-state index in [2.05, 4.69) is 232 Å². The first-order chi connectivity index (χ1) is 31.4. The second-order valence-corrected chi connectivity index (χ2v) is 16.9. The average molecular weight is 811 g/mol. The van der Waals surface area contributed by atoms with E-state index < -0.39 is 0 Å². The van der Waals surface area contributed by atoms with Crippen LogP contribution in [0.2, 0.25) is 0 Å². The van der Waals surface area contributed by atoms with Gasteiger partial charge in [-0.3, -0.25) is 0 Å². The van der Waals surface area contributed by atoms with Crippen molar-refractivity contribution in [2.75, 3.05) is 0 Å². The molecule has 0 aliphatic heterocycles. The Bertz CT molecular complexity index is 3610. The molecule has 1 aromatic heterocycles. The number of fused-ring (bicyclic) bond motifs is 3. The summed E-state index contributed by atoms with van der Waals surface area (Å²) in [5.41, 5.74) is 17.2. The van der Waals surface area contributed by atoms with E-state index in [0.717, 1.165) is 49.7 Å². The second-order valence-electron chi connectivity index (χ2n) is 16.9. The number of aromatic nitrogens is 3. The lowest BCUT2D eigenvalue weighted by atomic mass is 9.62. The first-order valence-corrected chi connectivity index (χ1v) is 22.0. The zero-order chi connectivity index (χ0) is 43.3. The van der Waals surface area contributed by atoms with Crippen molar-refractivity contribution >= 4 is 85.6 Å². The first kappa shape index (κ1) is 39.1. The lowest BCUT2D eigenvalue weighted by Crippen LogP contribution is -2.49. The summed E-state index contributed by atoms with van der Waals surface area (Å²) in [5, 5.41) is 7.15. The Morgan fingerprint density at radius 1 is 0.250 bits per heavy atom. The lowest BCUT2D eigenvalue weighted by molar-refractivity contribution is 1.08. The van der Waals surface area contributed by atoms with Gasteiger partial charge in [0.05, 0.1) is 0 Å². The van der Waals surface area contributed by atoms with Gasteiger partial charge >= 0.3 is 0 Å². The lowest BCUT2D eigenvalue weighted by Gasteiger charge is -2.22. The molecule has 0 aliphatic rings. The summed E-state index contributed by atoms with van der Waals surface area (Å²) in [5.74, 6) is 1.94. The number of nitrogens with zero attached hydrogens (tertiary/aromatic N) is 3. The molecule has 0 saturated heterocycles. The van der Waals surface area contributed by atoms with Gasteiger partial charge in [-0.25, -0.2) is 15.0 Å². The molecule has 0 unspecified atom stereocenters. The quantitative estimate of drug-likeness (QED) is 0.153. The van der Waals surface area contributed by atoms with E-state index in [1.54, 1.807) is 0 Å². The van der Waals surface area contributed by atoms with Crippen molar-refractivity contribution in [2.24, 2.45) is 0 Å². The van der Waals surface area contributed by atoms with Gasteiger partial charge in [-0.1, -0.05) is 187 Å². The van der Waals surface area contributed by atoms with Gasteiger partial charge in [0.1, 0.15) is 31.4 Å². The van der Waals surface area contributed by atoms with E-state index in [1.807, 2.05) is 0 Å². The van der Waals surface area contributed by atoms with Crippen LogP contribution in [0, 0.1) is 0 Å². The zero-order valence-electron chi connectivity index (χ0n) is 36.4. The number of benzene rings is 10. The molecule has 1 heterocycles. The van der Waals surface area contributed by atoms with Gasteiger partial charge in [0.25, 0.3) is 0 Å².